The van der Waals surface area contributed by atoms with E-state index < -0.39 is 0 Å². The molecular formula is C14H14O2. The molecule has 2 heteroatoms. The number of ether oxygens (including phenoxy) is 1. The minimum Gasteiger partial charge on any atom is -0.507 e. The van der Waals surface area contributed by atoms with Gasteiger partial charge in [0, 0.05) is 16.3 Å². The van der Waals surface area contributed by atoms with Gasteiger partial charge in [-0.15, -0.1) is 6.58 Å². The summed E-state index contributed by atoms with van der Waals surface area (Å²) in [7, 11) is 1.64. The maximum Gasteiger partial charge on any atom is 0.127 e. The highest BCUT2D eigenvalue weighted by atomic mass is 16.5. The maximum absolute atomic E-state index is 10.1. The molecule has 2 aromatic carbocycles. The molecular weight excluding hydrogens is 200 g/mol. The maximum atomic E-state index is 10.1. The van der Waals surface area contributed by atoms with Crippen molar-refractivity contribution in [2.75, 3.05) is 7.11 Å². The van der Waals surface area contributed by atoms with Gasteiger partial charge in [0.25, 0.3) is 0 Å². The lowest BCUT2D eigenvalue weighted by molar-refractivity contribution is 0.417. The van der Waals surface area contributed by atoms with E-state index in [-0.39, 0.29) is 0 Å². The summed E-state index contributed by atoms with van der Waals surface area (Å²) < 4.78 is 5.32. The van der Waals surface area contributed by atoms with Crippen LogP contribution in [0.4, 0.5) is 0 Å². The predicted octanol–water partition coefficient (Wildman–Crippen LogP) is 3.28. The Hall–Kier alpha value is -1.96. The standard InChI is InChI=1S/C14H14O2/c1-3-6-10-9-13(16-2)11-7-4-5-8-12(11)14(10)15/h3-5,7-9,15H,1,6H2,2H3. The molecule has 0 atom stereocenters. The molecule has 0 aromatic heterocycles. The topological polar surface area (TPSA) is 29.5 Å². The second-order valence-electron chi connectivity index (χ2n) is 3.62. The van der Waals surface area contributed by atoms with Gasteiger partial charge in [-0.05, 0) is 12.5 Å². The number of fused-ring (bicyclic) bond motifs is 1. The van der Waals surface area contributed by atoms with Gasteiger partial charge in [-0.2, -0.15) is 0 Å². The van der Waals surface area contributed by atoms with Crippen LogP contribution in [0.25, 0.3) is 10.8 Å². The first-order valence-electron chi connectivity index (χ1n) is 5.16. The van der Waals surface area contributed by atoms with Crippen molar-refractivity contribution >= 4 is 10.8 Å². The van der Waals surface area contributed by atoms with E-state index in [1.807, 2.05) is 30.3 Å². The highest BCUT2D eigenvalue weighted by molar-refractivity contribution is 5.94. The van der Waals surface area contributed by atoms with Gasteiger partial charge in [0.2, 0.25) is 0 Å². The molecule has 16 heavy (non-hydrogen) atoms. The Bertz CT molecular complexity index is 529. The average molecular weight is 214 g/mol. The molecule has 0 fully saturated rings. The second kappa shape index (κ2) is 4.27. The Labute approximate surface area is 94.8 Å². The molecule has 0 aliphatic rings. The van der Waals surface area contributed by atoms with E-state index in [4.69, 9.17) is 4.74 Å². The summed E-state index contributed by atoms with van der Waals surface area (Å²) in [5.74, 6) is 1.10. The fraction of sp³-hybridized carbons (Fsp3) is 0.143. The van der Waals surface area contributed by atoms with Gasteiger partial charge < -0.3 is 9.84 Å². The van der Waals surface area contributed by atoms with Gasteiger partial charge >= 0.3 is 0 Å². The van der Waals surface area contributed by atoms with Crippen molar-refractivity contribution in [3.05, 3.63) is 48.6 Å². The van der Waals surface area contributed by atoms with E-state index in [1.54, 1.807) is 13.2 Å². The number of aromatic hydroxyl groups is 1. The summed E-state index contributed by atoms with van der Waals surface area (Å²) in [4.78, 5) is 0. The molecule has 0 saturated heterocycles. The van der Waals surface area contributed by atoms with E-state index in [1.165, 1.54) is 0 Å². The van der Waals surface area contributed by atoms with Crippen molar-refractivity contribution in [1.29, 1.82) is 0 Å². The van der Waals surface area contributed by atoms with Crippen molar-refractivity contribution in [2.45, 2.75) is 6.42 Å². The first-order valence-corrected chi connectivity index (χ1v) is 5.16. The third-order valence-electron chi connectivity index (χ3n) is 2.64. The van der Waals surface area contributed by atoms with Crippen LogP contribution in [0, 0.1) is 0 Å². The molecule has 2 rings (SSSR count). The van der Waals surface area contributed by atoms with E-state index in [9.17, 15) is 5.11 Å². The Morgan fingerprint density at radius 3 is 2.62 bits per heavy atom. The molecule has 2 nitrogen and oxygen atoms in total. The normalized spacial score (nSPS) is 10.3. The van der Waals surface area contributed by atoms with Gasteiger partial charge in [-0.1, -0.05) is 30.3 Å². The van der Waals surface area contributed by atoms with Gasteiger partial charge in [0.05, 0.1) is 7.11 Å². The Morgan fingerprint density at radius 1 is 1.31 bits per heavy atom. The van der Waals surface area contributed by atoms with Crippen LogP contribution in [-0.4, -0.2) is 12.2 Å². The monoisotopic (exact) mass is 214 g/mol. The summed E-state index contributed by atoms with van der Waals surface area (Å²) in [5.41, 5.74) is 0.838. The van der Waals surface area contributed by atoms with Crippen molar-refractivity contribution in [3.63, 3.8) is 0 Å². The molecule has 0 amide bonds. The molecule has 0 heterocycles. The fourth-order valence-electron chi connectivity index (χ4n) is 1.86. The molecule has 0 spiro atoms. The smallest absolute Gasteiger partial charge is 0.127 e. The van der Waals surface area contributed by atoms with E-state index >= 15 is 0 Å². The number of phenols is 1. The molecule has 0 unspecified atom stereocenters. The number of rotatable bonds is 3. The lowest BCUT2D eigenvalue weighted by Gasteiger charge is -2.10. The van der Waals surface area contributed by atoms with Crippen LogP contribution in [0.5, 0.6) is 11.5 Å². The zero-order chi connectivity index (χ0) is 11.5. The first kappa shape index (κ1) is 10.6. The zero-order valence-corrected chi connectivity index (χ0v) is 9.23. The molecule has 0 radical (unpaired) electrons. The highest BCUT2D eigenvalue weighted by Gasteiger charge is 2.10. The Kier molecular flexibility index (Phi) is 2.82. The summed E-state index contributed by atoms with van der Waals surface area (Å²) in [6, 6.07) is 9.52. The molecule has 0 saturated carbocycles. The van der Waals surface area contributed by atoms with Gasteiger partial charge in [0.1, 0.15) is 11.5 Å². The van der Waals surface area contributed by atoms with Crippen molar-refractivity contribution < 1.29 is 9.84 Å². The summed E-state index contributed by atoms with van der Waals surface area (Å²) in [6.07, 6.45) is 2.40. The number of methoxy groups -OCH3 is 1. The van der Waals surface area contributed by atoms with Crippen LogP contribution in [0.2, 0.25) is 0 Å². The summed E-state index contributed by atoms with van der Waals surface area (Å²) >= 11 is 0. The van der Waals surface area contributed by atoms with Crippen LogP contribution >= 0.6 is 0 Å². The van der Waals surface area contributed by atoms with Gasteiger partial charge in [-0.3, -0.25) is 0 Å². The van der Waals surface area contributed by atoms with E-state index in [2.05, 4.69) is 6.58 Å². The molecule has 2 aromatic rings. The third kappa shape index (κ3) is 1.63. The Morgan fingerprint density at radius 2 is 2.00 bits per heavy atom. The zero-order valence-electron chi connectivity index (χ0n) is 9.23. The predicted molar refractivity (Wildman–Crippen MR) is 66.1 cm³/mol. The van der Waals surface area contributed by atoms with Crippen LogP contribution in [-0.2, 0) is 6.42 Å². The molecule has 0 aliphatic heterocycles. The van der Waals surface area contributed by atoms with Crippen LogP contribution in [0.3, 0.4) is 0 Å². The number of hydrogen-bond donors (Lipinski definition) is 1. The Balaban J connectivity index is 2.77. The van der Waals surface area contributed by atoms with Crippen LogP contribution < -0.4 is 4.74 Å². The lowest BCUT2D eigenvalue weighted by atomic mass is 10.0. The van der Waals surface area contributed by atoms with E-state index in [0.717, 1.165) is 22.1 Å². The highest BCUT2D eigenvalue weighted by Crippen LogP contribution is 2.35. The number of allylic oxidation sites excluding steroid dienone is 1. The largest absolute Gasteiger partial charge is 0.507 e. The fourth-order valence-corrected chi connectivity index (χ4v) is 1.86. The minimum atomic E-state index is 0.316. The van der Waals surface area contributed by atoms with Crippen molar-refractivity contribution in [3.8, 4) is 11.5 Å². The molecule has 82 valence electrons. The SMILES string of the molecule is C=CCc1cc(OC)c2ccccc2c1O. The molecule has 0 bridgehead atoms. The van der Waals surface area contributed by atoms with Crippen LogP contribution in [0.15, 0.2) is 43.0 Å². The molecule has 1 N–H and O–H groups in total. The second-order valence-corrected chi connectivity index (χ2v) is 3.62. The number of benzene rings is 2. The lowest BCUT2D eigenvalue weighted by Crippen LogP contribution is -1.90. The average Bonchev–Trinajstić information content (AvgIpc) is 2.33. The molecule has 0 aliphatic carbocycles. The van der Waals surface area contributed by atoms with Crippen LogP contribution in [0.1, 0.15) is 5.56 Å². The van der Waals surface area contributed by atoms with E-state index in [0.29, 0.717) is 12.2 Å². The van der Waals surface area contributed by atoms with Crippen molar-refractivity contribution in [1.82, 2.24) is 0 Å². The number of hydrogen-bond acceptors (Lipinski definition) is 2. The third-order valence-corrected chi connectivity index (χ3v) is 2.64. The van der Waals surface area contributed by atoms with Gasteiger partial charge in [0.15, 0.2) is 0 Å². The first-order chi connectivity index (χ1) is 7.77. The van der Waals surface area contributed by atoms with Gasteiger partial charge in [-0.25, -0.2) is 0 Å². The minimum absolute atomic E-state index is 0.316. The summed E-state index contributed by atoms with van der Waals surface area (Å²) in [6.45, 7) is 3.68. The van der Waals surface area contributed by atoms with Crippen molar-refractivity contribution in [2.24, 2.45) is 0 Å². The number of phenolic OH excluding ortho intramolecular Hbond substituents is 1. The quantitative estimate of drug-likeness (QED) is 0.794. The summed E-state index contributed by atoms with van der Waals surface area (Å²) in [5, 5.41) is 11.8.